The summed E-state index contributed by atoms with van der Waals surface area (Å²) in [6.45, 7) is 7.37. The molecule has 7 heteroatoms. The quantitative estimate of drug-likeness (QED) is 0.318. The second-order valence-electron chi connectivity index (χ2n) is 8.40. The van der Waals surface area contributed by atoms with Gasteiger partial charge in [-0.2, -0.15) is 0 Å². The molecule has 2 aliphatic heterocycles. The number of guanidine groups is 1. The lowest BCUT2D eigenvalue weighted by molar-refractivity contribution is 0.0203. The minimum Gasteiger partial charge on any atom is -0.497 e. The van der Waals surface area contributed by atoms with Gasteiger partial charge in [0.1, 0.15) is 5.75 Å². The average molecular weight is 433 g/mol. The number of hydrogen-bond donors (Lipinski definition) is 2. The van der Waals surface area contributed by atoms with Gasteiger partial charge in [0.2, 0.25) is 0 Å². The van der Waals surface area contributed by atoms with E-state index in [1.165, 1.54) is 18.4 Å². The fourth-order valence-electron chi connectivity index (χ4n) is 4.30. The van der Waals surface area contributed by atoms with Crippen molar-refractivity contribution in [3.05, 3.63) is 29.8 Å². The molecule has 2 N–H and O–H groups in total. The van der Waals surface area contributed by atoms with Gasteiger partial charge in [-0.3, -0.25) is 9.89 Å². The first kappa shape index (κ1) is 23.8. The maximum atomic E-state index is 5.86. The van der Waals surface area contributed by atoms with Gasteiger partial charge in [-0.25, -0.2) is 0 Å². The van der Waals surface area contributed by atoms with Crippen LogP contribution in [0.1, 0.15) is 43.7 Å². The summed E-state index contributed by atoms with van der Waals surface area (Å²) in [4.78, 5) is 6.96. The monoisotopic (exact) mass is 432 g/mol. The lowest BCUT2D eigenvalue weighted by Gasteiger charge is -2.29. The smallest absolute Gasteiger partial charge is 0.191 e. The van der Waals surface area contributed by atoms with Crippen LogP contribution in [0.5, 0.6) is 5.75 Å². The van der Waals surface area contributed by atoms with Crippen molar-refractivity contribution in [3.63, 3.8) is 0 Å². The van der Waals surface area contributed by atoms with Gasteiger partial charge >= 0.3 is 0 Å². The number of ether oxygens (including phenoxy) is 3. The SMILES string of the molecule is CN=C(NCCCOCC1CCOCC1)NCC(c1ccc(OC)cc1)N1CCCC1. The molecule has 2 aliphatic rings. The van der Waals surface area contributed by atoms with E-state index in [0.717, 1.165) is 83.6 Å². The van der Waals surface area contributed by atoms with E-state index in [1.807, 2.05) is 19.2 Å². The summed E-state index contributed by atoms with van der Waals surface area (Å²) in [5, 5.41) is 6.95. The van der Waals surface area contributed by atoms with Crippen LogP contribution in [-0.4, -0.2) is 77.6 Å². The summed E-state index contributed by atoms with van der Waals surface area (Å²) < 4.78 is 16.6. The average Bonchev–Trinajstić information content (AvgIpc) is 3.35. The van der Waals surface area contributed by atoms with Gasteiger partial charge in [0, 0.05) is 46.6 Å². The van der Waals surface area contributed by atoms with Crippen molar-refractivity contribution >= 4 is 5.96 Å². The van der Waals surface area contributed by atoms with Gasteiger partial charge in [-0.1, -0.05) is 12.1 Å². The molecular weight excluding hydrogens is 392 g/mol. The van der Waals surface area contributed by atoms with Gasteiger partial charge in [-0.05, 0) is 68.8 Å². The van der Waals surface area contributed by atoms with Crippen LogP contribution in [0.25, 0.3) is 0 Å². The van der Waals surface area contributed by atoms with E-state index >= 15 is 0 Å². The minimum atomic E-state index is 0.328. The van der Waals surface area contributed by atoms with Crippen molar-refractivity contribution in [2.75, 3.05) is 66.8 Å². The van der Waals surface area contributed by atoms with Crippen molar-refractivity contribution in [3.8, 4) is 5.75 Å². The number of nitrogens with zero attached hydrogens (tertiary/aromatic N) is 2. The molecule has 2 fully saturated rings. The molecule has 0 radical (unpaired) electrons. The number of rotatable bonds is 11. The van der Waals surface area contributed by atoms with Crippen molar-refractivity contribution in [2.45, 2.75) is 38.1 Å². The largest absolute Gasteiger partial charge is 0.497 e. The summed E-state index contributed by atoms with van der Waals surface area (Å²) in [5.74, 6) is 2.41. The highest BCUT2D eigenvalue weighted by Gasteiger charge is 2.23. The summed E-state index contributed by atoms with van der Waals surface area (Å²) in [6, 6.07) is 8.78. The first-order valence-electron chi connectivity index (χ1n) is 11.8. The van der Waals surface area contributed by atoms with Crippen LogP contribution in [0.4, 0.5) is 0 Å². The number of aliphatic imine (C=N–C) groups is 1. The number of methoxy groups -OCH3 is 1. The Morgan fingerprint density at radius 2 is 1.90 bits per heavy atom. The van der Waals surface area contributed by atoms with Gasteiger partial charge in [0.05, 0.1) is 13.2 Å². The Hall–Kier alpha value is -1.83. The fraction of sp³-hybridized carbons (Fsp3) is 0.708. The van der Waals surface area contributed by atoms with Crippen LogP contribution in [0.2, 0.25) is 0 Å². The summed E-state index contributed by atoms with van der Waals surface area (Å²) in [7, 11) is 3.54. The van der Waals surface area contributed by atoms with Crippen molar-refractivity contribution in [1.82, 2.24) is 15.5 Å². The highest BCUT2D eigenvalue weighted by atomic mass is 16.5. The Balaban J connectivity index is 1.39. The Morgan fingerprint density at radius 1 is 1.16 bits per heavy atom. The topological polar surface area (TPSA) is 67.4 Å². The number of hydrogen-bond acceptors (Lipinski definition) is 5. The number of benzene rings is 1. The molecule has 2 saturated heterocycles. The number of likely N-dealkylation sites (tertiary alicyclic amines) is 1. The zero-order valence-corrected chi connectivity index (χ0v) is 19.3. The molecule has 1 unspecified atom stereocenters. The van der Waals surface area contributed by atoms with Crippen molar-refractivity contribution in [1.29, 1.82) is 0 Å². The van der Waals surface area contributed by atoms with Crippen LogP contribution in [0.15, 0.2) is 29.3 Å². The van der Waals surface area contributed by atoms with Crippen LogP contribution in [0.3, 0.4) is 0 Å². The van der Waals surface area contributed by atoms with Crippen molar-refractivity contribution in [2.24, 2.45) is 10.9 Å². The summed E-state index contributed by atoms with van der Waals surface area (Å²) in [6.07, 6.45) is 5.77. The third-order valence-electron chi connectivity index (χ3n) is 6.22. The molecule has 0 bridgehead atoms. The highest BCUT2D eigenvalue weighted by Crippen LogP contribution is 2.26. The zero-order valence-electron chi connectivity index (χ0n) is 19.3. The number of nitrogens with one attached hydrogen (secondary N) is 2. The predicted molar refractivity (Wildman–Crippen MR) is 125 cm³/mol. The molecule has 3 rings (SSSR count). The molecule has 1 aromatic rings. The fourth-order valence-corrected chi connectivity index (χ4v) is 4.30. The summed E-state index contributed by atoms with van der Waals surface area (Å²) >= 11 is 0. The zero-order chi connectivity index (χ0) is 21.7. The van der Waals surface area contributed by atoms with Crippen LogP contribution in [0, 0.1) is 5.92 Å². The lowest BCUT2D eigenvalue weighted by Crippen LogP contribution is -2.43. The van der Waals surface area contributed by atoms with Crippen LogP contribution in [-0.2, 0) is 9.47 Å². The van der Waals surface area contributed by atoms with E-state index in [0.29, 0.717) is 12.0 Å². The molecule has 7 nitrogen and oxygen atoms in total. The van der Waals surface area contributed by atoms with Crippen LogP contribution >= 0.6 is 0 Å². The molecule has 1 atom stereocenters. The maximum Gasteiger partial charge on any atom is 0.191 e. The van der Waals surface area contributed by atoms with E-state index < -0.39 is 0 Å². The molecule has 0 spiro atoms. The Morgan fingerprint density at radius 3 is 2.58 bits per heavy atom. The maximum absolute atomic E-state index is 5.86. The Bertz CT molecular complexity index is 641. The van der Waals surface area contributed by atoms with Gasteiger partial charge in [-0.15, -0.1) is 0 Å². The lowest BCUT2D eigenvalue weighted by atomic mass is 10.0. The highest BCUT2D eigenvalue weighted by molar-refractivity contribution is 5.79. The third-order valence-corrected chi connectivity index (χ3v) is 6.22. The van der Waals surface area contributed by atoms with Crippen LogP contribution < -0.4 is 15.4 Å². The molecule has 1 aromatic carbocycles. The first-order valence-corrected chi connectivity index (χ1v) is 11.8. The Kier molecular flexibility index (Phi) is 10.4. The standard InChI is InChI=1S/C24H40N4O3/c1-25-24(26-12-5-15-31-19-20-10-16-30-17-11-20)27-18-23(28-13-3-4-14-28)21-6-8-22(29-2)9-7-21/h6-9,20,23H,3-5,10-19H2,1-2H3,(H2,25,26,27). The second kappa shape index (κ2) is 13.6. The summed E-state index contributed by atoms with van der Waals surface area (Å²) in [5.41, 5.74) is 1.31. The third kappa shape index (κ3) is 7.98. The normalized spacial score (nSPS) is 19.4. The molecule has 31 heavy (non-hydrogen) atoms. The molecular formula is C24H40N4O3. The van der Waals surface area contributed by atoms with Gasteiger partial charge < -0.3 is 24.8 Å². The molecule has 174 valence electrons. The van der Waals surface area contributed by atoms with E-state index in [2.05, 4.69) is 32.7 Å². The van der Waals surface area contributed by atoms with Crippen molar-refractivity contribution < 1.29 is 14.2 Å². The molecule has 0 saturated carbocycles. The van der Waals surface area contributed by atoms with E-state index in [1.54, 1.807) is 7.11 Å². The predicted octanol–water partition coefficient (Wildman–Crippen LogP) is 2.83. The Labute approximate surface area is 187 Å². The van der Waals surface area contributed by atoms with E-state index in [9.17, 15) is 0 Å². The molecule has 0 aliphatic carbocycles. The molecule has 2 heterocycles. The van der Waals surface area contributed by atoms with Gasteiger partial charge in [0.25, 0.3) is 0 Å². The second-order valence-corrected chi connectivity index (χ2v) is 8.40. The first-order chi connectivity index (χ1) is 15.3. The molecule has 0 amide bonds. The minimum absolute atomic E-state index is 0.328. The van der Waals surface area contributed by atoms with E-state index in [4.69, 9.17) is 14.2 Å². The van der Waals surface area contributed by atoms with Gasteiger partial charge in [0.15, 0.2) is 5.96 Å². The molecule has 0 aromatic heterocycles. The van der Waals surface area contributed by atoms with E-state index in [-0.39, 0.29) is 0 Å².